The van der Waals surface area contributed by atoms with E-state index in [9.17, 15) is 4.79 Å². The van der Waals surface area contributed by atoms with Crippen LogP contribution in [0.25, 0.3) is 0 Å². The van der Waals surface area contributed by atoms with Gasteiger partial charge in [-0.1, -0.05) is 12.5 Å². The minimum atomic E-state index is 0.406. The Morgan fingerprint density at radius 1 is 1.17 bits per heavy atom. The predicted octanol–water partition coefficient (Wildman–Crippen LogP) is 2.55. The summed E-state index contributed by atoms with van der Waals surface area (Å²) >= 11 is 0. The molecular formula is C19H27N3O. The molecule has 4 rings (SSSR count). The molecule has 0 N–H and O–H groups in total. The van der Waals surface area contributed by atoms with Crippen LogP contribution >= 0.6 is 0 Å². The summed E-state index contributed by atoms with van der Waals surface area (Å²) < 4.78 is 0. The summed E-state index contributed by atoms with van der Waals surface area (Å²) in [6.45, 7) is 4.69. The van der Waals surface area contributed by atoms with E-state index in [1.54, 1.807) is 0 Å². The Morgan fingerprint density at radius 3 is 2.70 bits per heavy atom. The van der Waals surface area contributed by atoms with Crippen LogP contribution in [0, 0.1) is 17.8 Å². The average Bonchev–Trinajstić information content (AvgIpc) is 3.19. The Labute approximate surface area is 138 Å². The van der Waals surface area contributed by atoms with Gasteiger partial charge in [-0.2, -0.15) is 0 Å². The highest BCUT2D eigenvalue weighted by molar-refractivity contribution is 5.76. The molecule has 1 aromatic rings. The van der Waals surface area contributed by atoms with Crippen molar-refractivity contribution >= 4 is 5.91 Å². The van der Waals surface area contributed by atoms with Gasteiger partial charge in [-0.05, 0) is 48.6 Å². The van der Waals surface area contributed by atoms with Crippen LogP contribution < -0.4 is 0 Å². The van der Waals surface area contributed by atoms with Gasteiger partial charge in [-0.3, -0.25) is 14.7 Å². The summed E-state index contributed by atoms with van der Waals surface area (Å²) in [6, 6.07) is 4.12. The van der Waals surface area contributed by atoms with Crippen molar-refractivity contribution in [3.8, 4) is 0 Å². The van der Waals surface area contributed by atoms with Crippen molar-refractivity contribution < 1.29 is 4.79 Å². The van der Waals surface area contributed by atoms with E-state index in [-0.39, 0.29) is 0 Å². The number of rotatable bonds is 4. The molecule has 0 aromatic carbocycles. The molecule has 2 saturated carbocycles. The molecule has 2 heterocycles. The van der Waals surface area contributed by atoms with Gasteiger partial charge in [-0.25, -0.2) is 0 Å². The number of carbonyl (C=O) groups excluding carboxylic acids is 1. The van der Waals surface area contributed by atoms with E-state index in [0.29, 0.717) is 11.8 Å². The molecule has 4 heteroatoms. The SMILES string of the molecule is O=C(CC1CC2CCC1C2)N1CCN(Cc2cccnc2)CC1. The Kier molecular flexibility index (Phi) is 4.34. The smallest absolute Gasteiger partial charge is 0.222 e. The van der Waals surface area contributed by atoms with E-state index in [1.165, 1.54) is 31.2 Å². The zero-order valence-corrected chi connectivity index (χ0v) is 13.9. The standard InChI is InChI=1S/C19H27N3O/c23-19(12-18-11-15-3-4-17(18)10-15)22-8-6-21(7-9-22)14-16-2-1-5-20-13-16/h1-2,5,13,15,17-18H,3-4,6-12,14H2. The van der Waals surface area contributed by atoms with E-state index in [0.717, 1.165) is 51.0 Å². The van der Waals surface area contributed by atoms with E-state index >= 15 is 0 Å². The summed E-state index contributed by atoms with van der Waals surface area (Å²) in [7, 11) is 0. The summed E-state index contributed by atoms with van der Waals surface area (Å²) in [5, 5.41) is 0. The maximum atomic E-state index is 12.6. The molecule has 1 amide bonds. The fourth-order valence-corrected chi connectivity index (χ4v) is 4.89. The number of pyridine rings is 1. The lowest BCUT2D eigenvalue weighted by molar-refractivity contribution is -0.134. The minimum absolute atomic E-state index is 0.406. The molecule has 3 atom stereocenters. The fourth-order valence-electron chi connectivity index (χ4n) is 4.89. The summed E-state index contributed by atoms with van der Waals surface area (Å²) in [4.78, 5) is 21.3. The molecule has 1 aromatic heterocycles. The molecule has 4 nitrogen and oxygen atoms in total. The number of fused-ring (bicyclic) bond motifs is 2. The highest BCUT2D eigenvalue weighted by atomic mass is 16.2. The topological polar surface area (TPSA) is 36.4 Å². The van der Waals surface area contributed by atoms with Crippen LogP contribution in [0.3, 0.4) is 0 Å². The largest absolute Gasteiger partial charge is 0.340 e. The molecule has 0 radical (unpaired) electrons. The van der Waals surface area contributed by atoms with Gasteiger partial charge in [0.1, 0.15) is 0 Å². The third-order valence-electron chi connectivity index (χ3n) is 6.18. The Hall–Kier alpha value is -1.42. The molecule has 23 heavy (non-hydrogen) atoms. The third kappa shape index (κ3) is 3.42. The van der Waals surface area contributed by atoms with Gasteiger partial charge < -0.3 is 4.90 Å². The normalized spacial score (nSPS) is 30.8. The van der Waals surface area contributed by atoms with Gasteiger partial charge >= 0.3 is 0 Å². The second-order valence-corrected chi connectivity index (χ2v) is 7.66. The zero-order chi connectivity index (χ0) is 15.6. The van der Waals surface area contributed by atoms with Crippen molar-refractivity contribution in [3.05, 3.63) is 30.1 Å². The van der Waals surface area contributed by atoms with Crippen molar-refractivity contribution in [2.24, 2.45) is 17.8 Å². The first-order valence-electron chi connectivity index (χ1n) is 9.17. The lowest BCUT2D eigenvalue weighted by Gasteiger charge is -2.35. The molecule has 3 unspecified atom stereocenters. The lowest BCUT2D eigenvalue weighted by Crippen LogP contribution is -2.48. The van der Waals surface area contributed by atoms with Crippen molar-refractivity contribution in [2.45, 2.75) is 38.6 Å². The maximum Gasteiger partial charge on any atom is 0.222 e. The number of hydrogen-bond donors (Lipinski definition) is 0. The Bertz CT molecular complexity index is 539. The van der Waals surface area contributed by atoms with Crippen molar-refractivity contribution in [1.82, 2.24) is 14.8 Å². The second-order valence-electron chi connectivity index (χ2n) is 7.66. The van der Waals surface area contributed by atoms with E-state index in [2.05, 4.69) is 20.9 Å². The molecule has 124 valence electrons. The van der Waals surface area contributed by atoms with Crippen molar-refractivity contribution in [1.29, 1.82) is 0 Å². The summed E-state index contributed by atoms with van der Waals surface area (Å²) in [6.07, 6.45) is 10.1. The quantitative estimate of drug-likeness (QED) is 0.857. The van der Waals surface area contributed by atoms with Crippen LogP contribution in [0.4, 0.5) is 0 Å². The maximum absolute atomic E-state index is 12.6. The molecule has 3 fully saturated rings. The number of nitrogens with zero attached hydrogens (tertiary/aromatic N) is 3. The van der Waals surface area contributed by atoms with Crippen molar-refractivity contribution in [3.63, 3.8) is 0 Å². The first-order chi connectivity index (χ1) is 11.3. The Balaban J connectivity index is 1.24. The monoisotopic (exact) mass is 313 g/mol. The van der Waals surface area contributed by atoms with Gasteiger partial charge in [0.05, 0.1) is 0 Å². The number of hydrogen-bond acceptors (Lipinski definition) is 3. The number of carbonyl (C=O) groups is 1. The second kappa shape index (κ2) is 6.60. The first-order valence-corrected chi connectivity index (χ1v) is 9.17. The molecule has 3 aliphatic rings. The van der Waals surface area contributed by atoms with Crippen LogP contribution in [-0.2, 0) is 11.3 Å². The minimum Gasteiger partial charge on any atom is -0.340 e. The van der Waals surface area contributed by atoms with Crippen LogP contribution in [-0.4, -0.2) is 46.9 Å². The van der Waals surface area contributed by atoms with Crippen LogP contribution in [0.15, 0.2) is 24.5 Å². The average molecular weight is 313 g/mol. The third-order valence-corrected chi connectivity index (χ3v) is 6.18. The number of piperazine rings is 1. The molecule has 1 saturated heterocycles. The van der Waals surface area contributed by atoms with Crippen LogP contribution in [0.5, 0.6) is 0 Å². The molecule has 2 bridgehead atoms. The summed E-state index contributed by atoms with van der Waals surface area (Å²) in [5.74, 6) is 2.89. The number of amides is 1. The first kappa shape index (κ1) is 15.1. The number of aromatic nitrogens is 1. The zero-order valence-electron chi connectivity index (χ0n) is 13.9. The van der Waals surface area contributed by atoms with E-state index < -0.39 is 0 Å². The van der Waals surface area contributed by atoms with Crippen LogP contribution in [0.1, 0.15) is 37.7 Å². The Morgan fingerprint density at radius 2 is 2.04 bits per heavy atom. The van der Waals surface area contributed by atoms with Gasteiger partial charge in [0.2, 0.25) is 5.91 Å². The molecule has 2 aliphatic carbocycles. The van der Waals surface area contributed by atoms with E-state index in [4.69, 9.17) is 0 Å². The van der Waals surface area contributed by atoms with Crippen molar-refractivity contribution in [2.75, 3.05) is 26.2 Å². The molecular weight excluding hydrogens is 286 g/mol. The van der Waals surface area contributed by atoms with Gasteiger partial charge in [0.25, 0.3) is 0 Å². The van der Waals surface area contributed by atoms with E-state index in [1.807, 2.05) is 18.5 Å². The lowest BCUT2D eigenvalue weighted by atomic mass is 9.86. The van der Waals surface area contributed by atoms with Gasteiger partial charge in [0, 0.05) is 51.5 Å². The highest BCUT2D eigenvalue weighted by Crippen LogP contribution is 2.49. The van der Waals surface area contributed by atoms with Gasteiger partial charge in [0.15, 0.2) is 0 Å². The highest BCUT2D eigenvalue weighted by Gasteiger charge is 2.40. The predicted molar refractivity (Wildman–Crippen MR) is 89.6 cm³/mol. The summed E-state index contributed by atoms with van der Waals surface area (Å²) in [5.41, 5.74) is 1.26. The molecule has 1 aliphatic heterocycles. The van der Waals surface area contributed by atoms with Crippen LogP contribution in [0.2, 0.25) is 0 Å². The molecule has 0 spiro atoms. The van der Waals surface area contributed by atoms with Gasteiger partial charge in [-0.15, -0.1) is 0 Å². The fraction of sp³-hybridized carbons (Fsp3) is 0.684.